The fourth-order valence-corrected chi connectivity index (χ4v) is 2.90. The van der Waals surface area contributed by atoms with Gasteiger partial charge in [-0.05, 0) is 24.6 Å². The molecule has 1 atom stereocenters. The summed E-state index contributed by atoms with van der Waals surface area (Å²) in [6.07, 6.45) is 0. The van der Waals surface area contributed by atoms with Gasteiger partial charge in [0, 0.05) is 15.4 Å². The Morgan fingerprint density at radius 1 is 1.47 bits per heavy atom. The zero-order chi connectivity index (χ0) is 14.0. The van der Waals surface area contributed by atoms with E-state index in [2.05, 4.69) is 10.3 Å². The predicted molar refractivity (Wildman–Crippen MR) is 77.6 cm³/mol. The minimum atomic E-state index is -1.04. The Labute approximate surface area is 124 Å². The van der Waals surface area contributed by atoms with Crippen molar-refractivity contribution in [1.29, 1.82) is 0 Å². The van der Waals surface area contributed by atoms with Crippen molar-refractivity contribution in [2.75, 3.05) is 5.32 Å². The van der Waals surface area contributed by atoms with E-state index in [4.69, 9.17) is 28.3 Å². The third kappa shape index (κ3) is 3.37. The highest BCUT2D eigenvalue weighted by atomic mass is 35.5. The van der Waals surface area contributed by atoms with Gasteiger partial charge in [0.1, 0.15) is 0 Å². The molecule has 0 aliphatic carbocycles. The van der Waals surface area contributed by atoms with Gasteiger partial charge in [0.25, 0.3) is 0 Å². The number of nitrogens with one attached hydrogen (secondary N) is 1. The molecule has 4 nitrogen and oxygen atoms in total. The Bertz CT molecular complexity index is 616. The van der Waals surface area contributed by atoms with Crippen LogP contribution in [0.15, 0.2) is 23.6 Å². The number of aromatic nitrogens is 1. The SMILES string of the molecule is CC(Nc1nc(C(=O)O)cs1)c1ccc(Cl)cc1Cl. The van der Waals surface area contributed by atoms with Gasteiger partial charge in [-0.3, -0.25) is 0 Å². The Balaban J connectivity index is 2.15. The molecule has 2 N–H and O–H groups in total. The molecule has 19 heavy (non-hydrogen) atoms. The number of nitrogens with zero attached hydrogens (tertiary/aromatic N) is 1. The maximum absolute atomic E-state index is 10.7. The van der Waals surface area contributed by atoms with E-state index < -0.39 is 5.97 Å². The second-order valence-corrected chi connectivity index (χ2v) is 5.58. The second kappa shape index (κ2) is 5.77. The van der Waals surface area contributed by atoms with E-state index in [0.717, 1.165) is 5.56 Å². The lowest BCUT2D eigenvalue weighted by Gasteiger charge is -2.14. The lowest BCUT2D eigenvalue weighted by atomic mass is 10.1. The number of halogens is 2. The van der Waals surface area contributed by atoms with Crippen LogP contribution in [-0.4, -0.2) is 16.1 Å². The van der Waals surface area contributed by atoms with E-state index in [1.165, 1.54) is 16.7 Å². The normalized spacial score (nSPS) is 12.2. The van der Waals surface area contributed by atoms with E-state index in [1.54, 1.807) is 12.1 Å². The number of carboxylic acids is 1. The molecule has 0 spiro atoms. The molecular weight excluding hydrogens is 307 g/mol. The molecule has 0 bridgehead atoms. The summed E-state index contributed by atoms with van der Waals surface area (Å²) in [6.45, 7) is 1.91. The highest BCUT2D eigenvalue weighted by Gasteiger charge is 2.13. The number of rotatable bonds is 4. The molecule has 0 fully saturated rings. The van der Waals surface area contributed by atoms with E-state index >= 15 is 0 Å². The highest BCUT2D eigenvalue weighted by molar-refractivity contribution is 7.13. The number of hydrogen-bond donors (Lipinski definition) is 2. The van der Waals surface area contributed by atoms with E-state index in [1.807, 2.05) is 13.0 Å². The van der Waals surface area contributed by atoms with Gasteiger partial charge in [-0.25, -0.2) is 9.78 Å². The van der Waals surface area contributed by atoms with Crippen LogP contribution in [0.25, 0.3) is 0 Å². The number of carbonyl (C=O) groups is 1. The minimum Gasteiger partial charge on any atom is -0.476 e. The number of aromatic carboxylic acids is 1. The first-order chi connectivity index (χ1) is 8.97. The maximum atomic E-state index is 10.7. The topological polar surface area (TPSA) is 62.2 Å². The number of benzene rings is 1. The number of anilines is 1. The van der Waals surface area contributed by atoms with Gasteiger partial charge in [0.05, 0.1) is 6.04 Å². The largest absolute Gasteiger partial charge is 0.476 e. The molecule has 0 radical (unpaired) electrons. The summed E-state index contributed by atoms with van der Waals surface area (Å²) in [5, 5.41) is 15.1. The summed E-state index contributed by atoms with van der Waals surface area (Å²) in [7, 11) is 0. The van der Waals surface area contributed by atoms with Crippen LogP contribution in [-0.2, 0) is 0 Å². The summed E-state index contributed by atoms with van der Waals surface area (Å²) >= 11 is 13.2. The van der Waals surface area contributed by atoms with Gasteiger partial charge >= 0.3 is 5.97 Å². The van der Waals surface area contributed by atoms with Crippen LogP contribution < -0.4 is 5.32 Å². The quantitative estimate of drug-likeness (QED) is 0.881. The maximum Gasteiger partial charge on any atom is 0.355 e. The van der Waals surface area contributed by atoms with Crippen LogP contribution in [0.1, 0.15) is 29.0 Å². The molecule has 0 saturated heterocycles. The molecule has 0 amide bonds. The molecule has 2 rings (SSSR count). The van der Waals surface area contributed by atoms with Crippen LogP contribution in [0.4, 0.5) is 5.13 Å². The van der Waals surface area contributed by atoms with Crippen molar-refractivity contribution < 1.29 is 9.90 Å². The van der Waals surface area contributed by atoms with Crippen LogP contribution >= 0.6 is 34.5 Å². The van der Waals surface area contributed by atoms with Crippen LogP contribution in [0.2, 0.25) is 10.0 Å². The molecule has 0 saturated carbocycles. The molecule has 100 valence electrons. The monoisotopic (exact) mass is 316 g/mol. The summed E-state index contributed by atoms with van der Waals surface area (Å²) in [5.74, 6) is -1.04. The van der Waals surface area contributed by atoms with Crippen molar-refractivity contribution in [3.63, 3.8) is 0 Å². The Kier molecular flexibility index (Phi) is 4.29. The molecule has 1 aromatic heterocycles. The van der Waals surface area contributed by atoms with E-state index in [9.17, 15) is 4.79 Å². The molecule has 1 heterocycles. The Morgan fingerprint density at radius 3 is 2.79 bits per heavy atom. The average Bonchev–Trinajstić information content (AvgIpc) is 2.77. The van der Waals surface area contributed by atoms with Crippen molar-refractivity contribution in [2.24, 2.45) is 0 Å². The molecular formula is C12H10Cl2N2O2S. The van der Waals surface area contributed by atoms with Crippen LogP contribution in [0.3, 0.4) is 0 Å². The van der Waals surface area contributed by atoms with Crippen molar-refractivity contribution in [2.45, 2.75) is 13.0 Å². The number of thiazole rings is 1. The smallest absolute Gasteiger partial charge is 0.355 e. The standard InChI is InChI=1S/C12H10Cl2N2O2S/c1-6(8-3-2-7(13)4-9(8)14)15-12-16-10(5-19-12)11(17)18/h2-6H,1H3,(H,15,16)(H,17,18). The van der Waals surface area contributed by atoms with Crippen molar-refractivity contribution >= 4 is 45.6 Å². The molecule has 7 heteroatoms. The highest BCUT2D eigenvalue weighted by Crippen LogP contribution is 2.29. The first-order valence-electron chi connectivity index (χ1n) is 5.37. The third-order valence-corrected chi connectivity index (χ3v) is 3.83. The molecule has 2 aromatic rings. The van der Waals surface area contributed by atoms with E-state index in [-0.39, 0.29) is 11.7 Å². The molecule has 0 aliphatic heterocycles. The zero-order valence-electron chi connectivity index (χ0n) is 9.85. The van der Waals surface area contributed by atoms with Gasteiger partial charge < -0.3 is 10.4 Å². The predicted octanol–water partition coefficient (Wildman–Crippen LogP) is 4.32. The molecule has 1 aromatic carbocycles. The summed E-state index contributed by atoms with van der Waals surface area (Å²) in [5.41, 5.74) is 0.903. The number of carboxylic acid groups (broad SMARTS) is 1. The third-order valence-electron chi connectivity index (χ3n) is 2.49. The first-order valence-corrected chi connectivity index (χ1v) is 7.01. The Morgan fingerprint density at radius 2 is 2.21 bits per heavy atom. The van der Waals surface area contributed by atoms with Crippen molar-refractivity contribution in [1.82, 2.24) is 4.98 Å². The van der Waals surface area contributed by atoms with Crippen LogP contribution in [0.5, 0.6) is 0 Å². The summed E-state index contributed by atoms with van der Waals surface area (Å²) in [6, 6.07) is 5.15. The summed E-state index contributed by atoms with van der Waals surface area (Å²) in [4.78, 5) is 14.7. The Hall–Kier alpha value is -1.30. The van der Waals surface area contributed by atoms with Gasteiger partial charge in [0.2, 0.25) is 0 Å². The van der Waals surface area contributed by atoms with Gasteiger partial charge in [-0.15, -0.1) is 11.3 Å². The van der Waals surface area contributed by atoms with Gasteiger partial charge in [0.15, 0.2) is 10.8 Å². The minimum absolute atomic E-state index is 0.0295. The molecule has 1 unspecified atom stereocenters. The summed E-state index contributed by atoms with van der Waals surface area (Å²) < 4.78 is 0. The zero-order valence-corrected chi connectivity index (χ0v) is 12.2. The van der Waals surface area contributed by atoms with Gasteiger partial charge in [-0.2, -0.15) is 0 Å². The van der Waals surface area contributed by atoms with Gasteiger partial charge in [-0.1, -0.05) is 29.3 Å². The first kappa shape index (κ1) is 14.1. The lowest BCUT2D eigenvalue weighted by molar-refractivity contribution is 0.0691. The van der Waals surface area contributed by atoms with Crippen LogP contribution in [0, 0.1) is 0 Å². The fourth-order valence-electron chi connectivity index (χ4n) is 1.55. The van der Waals surface area contributed by atoms with Crippen molar-refractivity contribution in [3.8, 4) is 0 Å². The second-order valence-electron chi connectivity index (χ2n) is 3.87. The van der Waals surface area contributed by atoms with E-state index in [0.29, 0.717) is 15.2 Å². The fraction of sp³-hybridized carbons (Fsp3) is 0.167. The lowest BCUT2D eigenvalue weighted by Crippen LogP contribution is -2.07. The molecule has 0 aliphatic rings. The van der Waals surface area contributed by atoms with Crippen molar-refractivity contribution in [3.05, 3.63) is 44.9 Å². The number of hydrogen-bond acceptors (Lipinski definition) is 4. The average molecular weight is 317 g/mol.